The summed E-state index contributed by atoms with van der Waals surface area (Å²) in [4.78, 5) is 23.7. The maximum Gasteiger partial charge on any atom is 0.416 e. The van der Waals surface area contributed by atoms with Gasteiger partial charge in [0.15, 0.2) is 5.75 Å². The largest absolute Gasteiger partial charge is 0.507 e. The van der Waals surface area contributed by atoms with Crippen LogP contribution >= 0.6 is 15.9 Å². The van der Waals surface area contributed by atoms with E-state index < -0.39 is 55.7 Å². The van der Waals surface area contributed by atoms with E-state index in [0.29, 0.717) is 12.6 Å². The van der Waals surface area contributed by atoms with Gasteiger partial charge in [-0.3, -0.25) is 4.79 Å². The van der Waals surface area contributed by atoms with Crippen LogP contribution in [-0.4, -0.2) is 37.1 Å². The summed E-state index contributed by atoms with van der Waals surface area (Å²) in [6.45, 7) is 0.363. The van der Waals surface area contributed by atoms with Crippen molar-refractivity contribution in [3.05, 3.63) is 112 Å². The number of carboxylic acids is 1. The Kier molecular flexibility index (Phi) is 12.3. The van der Waals surface area contributed by atoms with Gasteiger partial charge in [0.25, 0.3) is 5.91 Å². The normalized spacial score (nSPS) is 11.7. The summed E-state index contributed by atoms with van der Waals surface area (Å²) >= 11 is 3.21. The fourth-order valence-corrected chi connectivity index (χ4v) is 6.64. The standard InChI is InChI=1S/C35H33BrF3NO7S/c36-30-21-25(33(42)40-18-9-4-2-1-3-6-11-23-12-7-5-8-13-23)20-29(24-14-10-15-26(19-24)35(37,38)39)32(30)47-48(45,46)27-16-17-28(34(43)44)31(41)22-27/h5,7-8,10,12-17,19-22,41H,1-4,6,9,11,18H2,(H,40,42)(H,43,44). The molecule has 0 aliphatic carbocycles. The molecule has 0 heterocycles. The maximum absolute atomic E-state index is 13.6. The average Bonchev–Trinajstić information content (AvgIpc) is 3.04. The molecule has 254 valence electrons. The van der Waals surface area contributed by atoms with Crippen molar-refractivity contribution in [2.24, 2.45) is 0 Å². The summed E-state index contributed by atoms with van der Waals surface area (Å²) in [5.74, 6) is -3.26. The fraction of sp³-hybridized carbons (Fsp3) is 0.257. The van der Waals surface area contributed by atoms with Crippen molar-refractivity contribution in [3.63, 3.8) is 0 Å². The van der Waals surface area contributed by atoms with Gasteiger partial charge in [0, 0.05) is 23.7 Å². The van der Waals surface area contributed by atoms with Gasteiger partial charge in [-0.2, -0.15) is 21.6 Å². The summed E-state index contributed by atoms with van der Waals surface area (Å²) in [6, 6.07) is 19.4. The van der Waals surface area contributed by atoms with Crippen molar-refractivity contribution in [2.75, 3.05) is 6.54 Å². The van der Waals surface area contributed by atoms with E-state index in [1.807, 2.05) is 18.2 Å². The van der Waals surface area contributed by atoms with Crippen molar-refractivity contribution in [3.8, 4) is 22.6 Å². The van der Waals surface area contributed by atoms with E-state index in [1.165, 1.54) is 23.8 Å². The van der Waals surface area contributed by atoms with E-state index in [1.54, 1.807) is 0 Å². The summed E-state index contributed by atoms with van der Waals surface area (Å²) in [6.07, 6.45) is 2.23. The van der Waals surface area contributed by atoms with Gasteiger partial charge in [0.2, 0.25) is 0 Å². The molecule has 0 saturated heterocycles. The molecule has 0 spiro atoms. The summed E-state index contributed by atoms with van der Waals surface area (Å²) in [5, 5.41) is 22.0. The van der Waals surface area contributed by atoms with E-state index in [9.17, 15) is 36.3 Å². The van der Waals surface area contributed by atoms with Crippen LogP contribution in [0.15, 0.2) is 94.3 Å². The third-order valence-electron chi connectivity index (χ3n) is 7.51. The second kappa shape index (κ2) is 16.2. The highest BCUT2D eigenvalue weighted by atomic mass is 79.9. The first-order valence-electron chi connectivity index (χ1n) is 15.1. The van der Waals surface area contributed by atoms with Crippen molar-refractivity contribution in [1.29, 1.82) is 0 Å². The minimum absolute atomic E-state index is 0.0448. The quantitative estimate of drug-likeness (QED) is 0.0820. The van der Waals surface area contributed by atoms with Crippen LogP contribution in [0.4, 0.5) is 13.2 Å². The predicted molar refractivity (Wildman–Crippen MR) is 178 cm³/mol. The first-order chi connectivity index (χ1) is 22.8. The molecule has 4 aromatic carbocycles. The zero-order valence-electron chi connectivity index (χ0n) is 25.6. The number of aryl methyl sites for hydroxylation is 1. The van der Waals surface area contributed by atoms with Gasteiger partial charge in [-0.25, -0.2) is 4.79 Å². The number of hydrogen-bond acceptors (Lipinski definition) is 6. The number of aromatic carboxylic acids is 1. The number of phenols is 1. The van der Waals surface area contributed by atoms with Crippen LogP contribution in [0.25, 0.3) is 11.1 Å². The van der Waals surface area contributed by atoms with Crippen LogP contribution in [0.5, 0.6) is 11.5 Å². The Labute approximate surface area is 284 Å². The van der Waals surface area contributed by atoms with E-state index in [2.05, 4.69) is 33.4 Å². The zero-order valence-corrected chi connectivity index (χ0v) is 28.0. The molecule has 0 atom stereocenters. The SMILES string of the molecule is O=C(NCCCCCCCCc1ccccc1)c1cc(Br)c(OS(=O)(=O)c2ccc(C(=O)O)c(O)c2)c(-c2cccc(C(F)(F)F)c2)c1. The molecule has 0 bridgehead atoms. The molecule has 4 aromatic rings. The molecule has 48 heavy (non-hydrogen) atoms. The lowest BCUT2D eigenvalue weighted by molar-refractivity contribution is -0.137. The number of aromatic hydroxyl groups is 1. The average molecular weight is 749 g/mol. The predicted octanol–water partition coefficient (Wildman–Crippen LogP) is 8.62. The minimum atomic E-state index is -4.75. The molecule has 8 nitrogen and oxygen atoms in total. The van der Waals surface area contributed by atoms with Gasteiger partial charge in [-0.1, -0.05) is 68.1 Å². The van der Waals surface area contributed by atoms with Crippen molar-refractivity contribution < 1.29 is 45.6 Å². The van der Waals surface area contributed by atoms with Crippen molar-refractivity contribution >= 4 is 37.9 Å². The second-order valence-electron chi connectivity index (χ2n) is 11.0. The van der Waals surface area contributed by atoms with Gasteiger partial charge >= 0.3 is 22.3 Å². The van der Waals surface area contributed by atoms with Crippen molar-refractivity contribution in [1.82, 2.24) is 5.32 Å². The monoisotopic (exact) mass is 747 g/mol. The number of unbranched alkanes of at least 4 members (excludes halogenated alkanes) is 5. The minimum Gasteiger partial charge on any atom is -0.507 e. The first-order valence-corrected chi connectivity index (χ1v) is 17.3. The second-order valence-corrected chi connectivity index (χ2v) is 13.4. The molecular formula is C35H33BrF3NO7S. The first kappa shape index (κ1) is 36.5. The molecule has 0 fully saturated rings. The highest BCUT2D eigenvalue weighted by molar-refractivity contribution is 9.10. The number of carbonyl (C=O) groups excluding carboxylic acids is 1. The Morgan fingerprint density at radius 3 is 2.19 bits per heavy atom. The Morgan fingerprint density at radius 1 is 0.833 bits per heavy atom. The molecule has 13 heteroatoms. The van der Waals surface area contributed by atoms with Crippen LogP contribution in [0.1, 0.15) is 70.4 Å². The van der Waals surface area contributed by atoms with Crippen LogP contribution in [0.2, 0.25) is 0 Å². The van der Waals surface area contributed by atoms with Gasteiger partial charge in [0.1, 0.15) is 16.2 Å². The lowest BCUT2D eigenvalue weighted by Gasteiger charge is -2.17. The van der Waals surface area contributed by atoms with Crippen LogP contribution in [0.3, 0.4) is 0 Å². The number of halogens is 4. The number of carboxylic acid groups (broad SMARTS) is 1. The molecular weight excluding hydrogens is 715 g/mol. The zero-order chi connectivity index (χ0) is 34.9. The highest BCUT2D eigenvalue weighted by Crippen LogP contribution is 2.41. The number of benzene rings is 4. The summed E-state index contributed by atoms with van der Waals surface area (Å²) in [5.41, 5.74) is -0.406. The van der Waals surface area contributed by atoms with Gasteiger partial charge in [-0.15, -0.1) is 0 Å². The molecule has 0 aliphatic heterocycles. The summed E-state index contributed by atoms with van der Waals surface area (Å²) in [7, 11) is -4.75. The van der Waals surface area contributed by atoms with E-state index in [4.69, 9.17) is 9.29 Å². The van der Waals surface area contributed by atoms with E-state index in [0.717, 1.165) is 75.3 Å². The molecule has 0 aromatic heterocycles. The Balaban J connectivity index is 1.48. The molecule has 1 amide bonds. The molecule has 0 saturated carbocycles. The summed E-state index contributed by atoms with van der Waals surface area (Å²) < 4.78 is 72.5. The number of carbonyl (C=O) groups is 2. The molecule has 0 radical (unpaired) electrons. The van der Waals surface area contributed by atoms with Crippen LogP contribution in [-0.2, 0) is 22.7 Å². The van der Waals surface area contributed by atoms with Crippen LogP contribution in [0, 0.1) is 0 Å². The lowest BCUT2D eigenvalue weighted by atomic mass is 9.99. The van der Waals surface area contributed by atoms with Gasteiger partial charge < -0.3 is 19.7 Å². The van der Waals surface area contributed by atoms with Crippen molar-refractivity contribution in [2.45, 2.75) is 56.0 Å². The Morgan fingerprint density at radius 2 is 1.52 bits per heavy atom. The highest BCUT2D eigenvalue weighted by Gasteiger charge is 2.31. The Hall–Kier alpha value is -4.36. The van der Waals surface area contributed by atoms with E-state index >= 15 is 0 Å². The Bertz CT molecular complexity index is 1870. The lowest BCUT2D eigenvalue weighted by Crippen LogP contribution is -2.24. The number of rotatable bonds is 15. The number of amides is 1. The third kappa shape index (κ3) is 9.83. The smallest absolute Gasteiger partial charge is 0.416 e. The third-order valence-corrected chi connectivity index (χ3v) is 9.32. The number of alkyl halides is 3. The molecule has 0 unspecified atom stereocenters. The number of nitrogens with one attached hydrogen (secondary N) is 1. The van der Waals surface area contributed by atoms with E-state index in [-0.39, 0.29) is 21.2 Å². The molecule has 0 aliphatic rings. The van der Waals surface area contributed by atoms with Gasteiger partial charge in [-0.05, 0) is 82.7 Å². The molecule has 4 rings (SSSR count). The van der Waals surface area contributed by atoms with Gasteiger partial charge in [0.05, 0.1) is 10.0 Å². The fourth-order valence-electron chi connectivity index (χ4n) is 5.00. The number of hydrogen-bond donors (Lipinski definition) is 3. The topological polar surface area (TPSA) is 130 Å². The van der Waals surface area contributed by atoms with Crippen LogP contribution < -0.4 is 9.50 Å². The maximum atomic E-state index is 13.6. The molecule has 3 N–H and O–H groups in total.